The normalized spacial score (nSPS) is 18.8. The molecule has 2 fully saturated rings. The molecule has 40 heavy (non-hydrogen) atoms. The highest BCUT2D eigenvalue weighted by molar-refractivity contribution is 6.02. The lowest BCUT2D eigenvalue weighted by Crippen LogP contribution is -2.57. The molecule has 2 saturated heterocycles. The molecule has 4 aromatic rings. The number of rotatable bonds is 2. The fourth-order valence-corrected chi connectivity index (χ4v) is 5.96. The smallest absolute Gasteiger partial charge is 0.410 e. The van der Waals surface area contributed by atoms with Crippen LogP contribution in [0.15, 0.2) is 36.5 Å². The zero-order valence-corrected chi connectivity index (χ0v) is 22.8. The summed E-state index contributed by atoms with van der Waals surface area (Å²) in [6, 6.07) is 8.09. The van der Waals surface area contributed by atoms with E-state index in [0.29, 0.717) is 46.5 Å². The third-order valence-corrected chi connectivity index (χ3v) is 7.56. The van der Waals surface area contributed by atoms with Gasteiger partial charge in [0.15, 0.2) is 5.82 Å². The average molecular weight is 542 g/mol. The Morgan fingerprint density at radius 1 is 1.10 bits per heavy atom. The summed E-state index contributed by atoms with van der Waals surface area (Å²) in [5, 5.41) is 1.59. The molecule has 2 aromatic heterocycles. The number of piperazine rings is 1. The molecule has 9 heteroatoms. The number of benzene rings is 2. The molecule has 0 radical (unpaired) electrons. The summed E-state index contributed by atoms with van der Waals surface area (Å²) in [6.07, 6.45) is 8.61. The van der Waals surface area contributed by atoms with E-state index in [9.17, 15) is 9.18 Å². The minimum absolute atomic E-state index is 0.0382. The molecule has 7 nitrogen and oxygen atoms in total. The number of nitrogens with zero attached hydrogens (tertiary/aromatic N) is 5. The first-order chi connectivity index (χ1) is 19.1. The largest absolute Gasteiger partial charge is 0.444 e. The van der Waals surface area contributed by atoms with Crippen molar-refractivity contribution in [1.82, 2.24) is 19.9 Å². The minimum atomic E-state index is -0.626. The Morgan fingerprint density at radius 2 is 1.82 bits per heavy atom. The van der Waals surface area contributed by atoms with E-state index in [-0.39, 0.29) is 35.0 Å². The number of anilines is 1. The van der Waals surface area contributed by atoms with Crippen LogP contribution in [0, 0.1) is 30.9 Å². The number of carbonyl (C=O) groups is 1. The first kappa shape index (κ1) is 25.9. The van der Waals surface area contributed by atoms with Gasteiger partial charge in [0.2, 0.25) is 0 Å². The van der Waals surface area contributed by atoms with Gasteiger partial charge in [0.1, 0.15) is 34.3 Å². The van der Waals surface area contributed by atoms with Crippen molar-refractivity contribution >= 4 is 33.6 Å². The SMILES string of the molecule is C#Cc1c(F)ccc2cccc(-c3ncc4c(N5CC6CCC(C5)N6C(=O)OC(C)(C)C)nc(C)nc4c3F)c12. The molecular formula is C31H29F2N5O2. The summed E-state index contributed by atoms with van der Waals surface area (Å²) in [5.41, 5.74) is 0.0494. The number of hydrogen-bond donors (Lipinski definition) is 0. The maximum atomic E-state index is 16.3. The number of halogens is 2. The Kier molecular flexibility index (Phi) is 6.10. The number of carbonyl (C=O) groups excluding carboxylic acids is 1. The third-order valence-electron chi connectivity index (χ3n) is 7.56. The van der Waals surface area contributed by atoms with Gasteiger partial charge in [-0.1, -0.05) is 30.2 Å². The van der Waals surface area contributed by atoms with Gasteiger partial charge in [-0.3, -0.25) is 9.88 Å². The van der Waals surface area contributed by atoms with Gasteiger partial charge in [-0.15, -0.1) is 6.42 Å². The predicted molar refractivity (Wildman–Crippen MR) is 150 cm³/mol. The number of ether oxygens (including phenoxy) is 1. The number of aromatic nitrogens is 3. The molecule has 2 bridgehead atoms. The summed E-state index contributed by atoms with van der Waals surface area (Å²) in [7, 11) is 0. The molecule has 204 valence electrons. The predicted octanol–water partition coefficient (Wildman–Crippen LogP) is 6.00. The van der Waals surface area contributed by atoms with Crippen molar-refractivity contribution < 1.29 is 18.3 Å². The van der Waals surface area contributed by atoms with Crippen molar-refractivity contribution in [2.75, 3.05) is 18.0 Å². The zero-order valence-electron chi connectivity index (χ0n) is 22.8. The molecule has 0 aliphatic carbocycles. The monoisotopic (exact) mass is 541 g/mol. The van der Waals surface area contributed by atoms with Gasteiger partial charge in [-0.05, 0) is 52.0 Å². The molecule has 0 saturated carbocycles. The molecule has 2 unspecified atom stereocenters. The Hall–Kier alpha value is -4.32. The summed E-state index contributed by atoms with van der Waals surface area (Å²) in [5.74, 6) is 2.22. The van der Waals surface area contributed by atoms with Crippen LogP contribution in [0.5, 0.6) is 0 Å². The van der Waals surface area contributed by atoms with Crippen LogP contribution in [-0.2, 0) is 4.74 Å². The summed E-state index contributed by atoms with van der Waals surface area (Å²) in [4.78, 5) is 30.5. The fraction of sp³-hybridized carbons (Fsp3) is 0.355. The maximum Gasteiger partial charge on any atom is 0.410 e. The second kappa shape index (κ2) is 9.40. The van der Waals surface area contributed by atoms with E-state index >= 15 is 4.39 Å². The Labute approximate surface area is 231 Å². The van der Waals surface area contributed by atoms with Crippen LogP contribution < -0.4 is 4.90 Å². The van der Waals surface area contributed by atoms with E-state index in [1.165, 1.54) is 6.07 Å². The highest BCUT2D eigenvalue weighted by Gasteiger charge is 2.45. The van der Waals surface area contributed by atoms with Gasteiger partial charge in [-0.25, -0.2) is 23.5 Å². The number of amides is 1. The number of fused-ring (bicyclic) bond motifs is 4. The quantitative estimate of drug-likeness (QED) is 0.290. The van der Waals surface area contributed by atoms with Gasteiger partial charge < -0.3 is 9.64 Å². The van der Waals surface area contributed by atoms with Crippen molar-refractivity contribution in [2.24, 2.45) is 0 Å². The Balaban J connectivity index is 1.42. The zero-order chi connectivity index (χ0) is 28.3. The highest BCUT2D eigenvalue weighted by Crippen LogP contribution is 2.38. The lowest BCUT2D eigenvalue weighted by Gasteiger charge is -2.42. The molecule has 0 spiro atoms. The molecule has 0 N–H and O–H groups in total. The Bertz CT molecular complexity index is 1710. The van der Waals surface area contributed by atoms with Crippen molar-refractivity contribution in [1.29, 1.82) is 0 Å². The topological polar surface area (TPSA) is 71.5 Å². The highest BCUT2D eigenvalue weighted by atomic mass is 19.1. The molecular weight excluding hydrogens is 512 g/mol. The van der Waals surface area contributed by atoms with Crippen LogP contribution >= 0.6 is 0 Å². The molecule has 2 aliphatic heterocycles. The van der Waals surface area contributed by atoms with Gasteiger partial charge in [0, 0.05) is 30.2 Å². The molecule has 2 aliphatic rings. The van der Waals surface area contributed by atoms with Crippen molar-refractivity contribution in [3.05, 3.63) is 59.6 Å². The molecule has 1 amide bonds. The lowest BCUT2D eigenvalue weighted by atomic mass is 9.96. The van der Waals surface area contributed by atoms with Crippen LogP contribution in [0.3, 0.4) is 0 Å². The third kappa shape index (κ3) is 4.28. The first-order valence-electron chi connectivity index (χ1n) is 13.3. The van der Waals surface area contributed by atoms with Gasteiger partial charge >= 0.3 is 6.09 Å². The second-order valence-corrected chi connectivity index (χ2v) is 11.4. The number of hydrogen-bond acceptors (Lipinski definition) is 6. The van der Waals surface area contributed by atoms with E-state index in [4.69, 9.17) is 11.2 Å². The molecule has 2 atom stereocenters. The van der Waals surface area contributed by atoms with Crippen molar-refractivity contribution in [2.45, 2.75) is 58.2 Å². The first-order valence-corrected chi connectivity index (χ1v) is 13.3. The number of pyridine rings is 1. The van der Waals surface area contributed by atoms with E-state index in [1.54, 1.807) is 37.4 Å². The van der Waals surface area contributed by atoms with E-state index in [0.717, 1.165) is 12.8 Å². The Morgan fingerprint density at radius 3 is 2.50 bits per heavy atom. The van der Waals surface area contributed by atoms with Gasteiger partial charge in [0.05, 0.1) is 23.0 Å². The van der Waals surface area contributed by atoms with Crippen LogP contribution in [0.4, 0.5) is 19.4 Å². The van der Waals surface area contributed by atoms with E-state index in [2.05, 4.69) is 25.8 Å². The van der Waals surface area contributed by atoms with Crippen molar-refractivity contribution in [3.63, 3.8) is 0 Å². The molecule has 2 aromatic carbocycles. The summed E-state index contributed by atoms with van der Waals surface area (Å²) >= 11 is 0. The van der Waals surface area contributed by atoms with Crippen molar-refractivity contribution in [3.8, 4) is 23.6 Å². The number of terminal acetylenes is 1. The number of aryl methyl sites for hydroxylation is 1. The fourth-order valence-electron chi connectivity index (χ4n) is 5.96. The summed E-state index contributed by atoms with van der Waals surface area (Å²) in [6.45, 7) is 8.37. The summed E-state index contributed by atoms with van der Waals surface area (Å²) < 4.78 is 36.5. The minimum Gasteiger partial charge on any atom is -0.444 e. The van der Waals surface area contributed by atoms with Crippen LogP contribution in [0.25, 0.3) is 32.9 Å². The maximum absolute atomic E-state index is 16.3. The standard InChI is InChI=1S/C31H29F2N5O2/c1-6-21-24(32)13-10-18-8-7-9-22(25(18)21)27-26(33)28-23(14-34-27)29(36-17(2)35-28)37-15-19-11-12-20(16-37)38(19)30(39)40-31(3,4)5/h1,7-10,13-14,19-20H,11-12,15-16H2,2-5H3. The average Bonchev–Trinajstić information content (AvgIpc) is 3.17. The molecule has 4 heterocycles. The van der Waals surface area contributed by atoms with Gasteiger partial charge in [0.25, 0.3) is 0 Å². The lowest BCUT2D eigenvalue weighted by molar-refractivity contribution is 0.0123. The van der Waals surface area contributed by atoms with Crippen LogP contribution in [0.1, 0.15) is 45.0 Å². The van der Waals surface area contributed by atoms with Crippen LogP contribution in [0.2, 0.25) is 0 Å². The molecule has 6 rings (SSSR count). The van der Waals surface area contributed by atoms with E-state index < -0.39 is 17.2 Å². The van der Waals surface area contributed by atoms with Crippen LogP contribution in [-0.4, -0.2) is 56.7 Å². The van der Waals surface area contributed by atoms with Gasteiger partial charge in [-0.2, -0.15) is 0 Å². The van der Waals surface area contributed by atoms with E-state index in [1.807, 2.05) is 25.7 Å². The second-order valence-electron chi connectivity index (χ2n) is 11.4.